The highest BCUT2D eigenvalue weighted by molar-refractivity contribution is 7.98. The number of carbonyl (C=O) groups excluding carboxylic acids is 1. The van der Waals surface area contributed by atoms with Gasteiger partial charge in [-0.05, 0) is 48.6 Å². The molecule has 4 rings (SSSR count). The zero-order valence-corrected chi connectivity index (χ0v) is 18.7. The van der Waals surface area contributed by atoms with Crippen molar-refractivity contribution in [2.75, 3.05) is 30.8 Å². The highest BCUT2D eigenvalue weighted by Gasteiger charge is 2.31. The molecule has 1 aromatic heterocycles. The number of benzene rings is 2. The number of H-pyrrole nitrogens is 1. The largest absolute Gasteiger partial charge is 0.347 e. The van der Waals surface area contributed by atoms with Crippen LogP contribution in [-0.2, 0) is 11.2 Å². The number of carbonyl (C=O) groups is 1. The molecule has 1 aliphatic rings. The zero-order chi connectivity index (χ0) is 21.8. The summed E-state index contributed by atoms with van der Waals surface area (Å²) in [5, 5.41) is 9.93. The fourth-order valence-electron chi connectivity index (χ4n) is 3.94. The van der Waals surface area contributed by atoms with E-state index in [1.54, 1.807) is 29.1 Å². The normalized spacial score (nSPS) is 15.6. The summed E-state index contributed by atoms with van der Waals surface area (Å²) in [5.41, 5.74) is 3.60. The van der Waals surface area contributed by atoms with Crippen LogP contribution in [0.2, 0.25) is 5.02 Å². The molecule has 0 saturated carbocycles. The average molecular weight is 452 g/mol. The van der Waals surface area contributed by atoms with Crippen molar-refractivity contribution >= 4 is 35.0 Å². The van der Waals surface area contributed by atoms with Crippen LogP contribution in [0, 0.1) is 11.3 Å². The molecule has 1 N–H and O–H groups in total. The van der Waals surface area contributed by atoms with E-state index in [1.165, 1.54) is 0 Å². The van der Waals surface area contributed by atoms with Crippen LogP contribution >= 0.6 is 23.4 Å². The molecule has 1 aliphatic heterocycles. The molecule has 0 aliphatic carbocycles. The molecule has 6 nitrogen and oxygen atoms in total. The lowest BCUT2D eigenvalue weighted by Gasteiger charge is -2.38. The third-order valence-electron chi connectivity index (χ3n) is 5.50. The molecule has 2 aromatic carbocycles. The Morgan fingerprint density at radius 3 is 2.84 bits per heavy atom. The molecule has 1 saturated heterocycles. The van der Waals surface area contributed by atoms with E-state index in [4.69, 9.17) is 11.6 Å². The van der Waals surface area contributed by atoms with Crippen LogP contribution in [0.3, 0.4) is 0 Å². The van der Waals surface area contributed by atoms with Crippen molar-refractivity contribution in [1.29, 1.82) is 5.26 Å². The van der Waals surface area contributed by atoms with Crippen LogP contribution in [0.25, 0.3) is 0 Å². The molecule has 3 aromatic rings. The third-order valence-corrected chi connectivity index (χ3v) is 6.52. The Morgan fingerprint density at radius 1 is 1.29 bits per heavy atom. The van der Waals surface area contributed by atoms with E-state index in [1.807, 2.05) is 42.8 Å². The summed E-state index contributed by atoms with van der Waals surface area (Å²) >= 11 is 7.68. The first-order valence-electron chi connectivity index (χ1n) is 9.94. The van der Waals surface area contributed by atoms with Crippen LogP contribution in [0.15, 0.2) is 59.9 Å². The number of rotatable bonds is 6. The van der Waals surface area contributed by atoms with Crippen molar-refractivity contribution in [3.8, 4) is 6.07 Å². The summed E-state index contributed by atoms with van der Waals surface area (Å²) in [5.74, 6) is 0.0441. The number of thioether (sulfide) groups is 1. The van der Waals surface area contributed by atoms with Crippen LogP contribution in [-0.4, -0.2) is 46.7 Å². The molecule has 2 heterocycles. The van der Waals surface area contributed by atoms with Crippen LogP contribution < -0.4 is 4.90 Å². The third kappa shape index (κ3) is 4.77. The van der Waals surface area contributed by atoms with E-state index < -0.39 is 0 Å². The average Bonchev–Trinajstić information content (AvgIpc) is 3.31. The Labute approximate surface area is 190 Å². The fraction of sp³-hybridized carbons (Fsp3) is 0.261. The van der Waals surface area contributed by atoms with Crippen molar-refractivity contribution in [3.63, 3.8) is 0 Å². The van der Waals surface area contributed by atoms with Gasteiger partial charge in [0.1, 0.15) is 6.07 Å². The topological polar surface area (TPSA) is 76.0 Å². The van der Waals surface area contributed by atoms with Gasteiger partial charge in [0.2, 0.25) is 5.91 Å². The SMILES string of the molecule is CSc1cc(CC(c2cnc[nH]2)N2CCN(c3cccc(Cl)c3)C(=O)C2)ccc1C#N. The van der Waals surface area contributed by atoms with Crippen molar-refractivity contribution in [3.05, 3.63) is 76.8 Å². The number of nitrogens with zero attached hydrogens (tertiary/aromatic N) is 4. The second-order valence-electron chi connectivity index (χ2n) is 7.37. The van der Waals surface area contributed by atoms with Gasteiger partial charge in [0, 0.05) is 34.9 Å². The highest BCUT2D eigenvalue weighted by atomic mass is 35.5. The van der Waals surface area contributed by atoms with E-state index in [-0.39, 0.29) is 11.9 Å². The van der Waals surface area contributed by atoms with Gasteiger partial charge in [0.25, 0.3) is 0 Å². The lowest BCUT2D eigenvalue weighted by molar-refractivity contribution is -0.122. The van der Waals surface area contributed by atoms with Crippen molar-refractivity contribution < 1.29 is 4.79 Å². The molecule has 31 heavy (non-hydrogen) atoms. The minimum absolute atomic E-state index is 0.0180. The van der Waals surface area contributed by atoms with Gasteiger partial charge in [-0.2, -0.15) is 5.26 Å². The standard InChI is InChI=1S/C23H22ClN5OS/c1-31-22-10-16(5-6-17(22)12-25)9-21(20-13-26-15-27-20)28-7-8-29(23(30)14-28)19-4-2-3-18(24)11-19/h2-6,10-11,13,15,21H,7-9,14H2,1H3,(H,26,27). The minimum atomic E-state index is -0.0180. The number of imidazole rings is 1. The number of nitrogens with one attached hydrogen (secondary N) is 1. The van der Waals surface area contributed by atoms with Crippen molar-refractivity contribution in [2.24, 2.45) is 0 Å². The predicted molar refractivity (Wildman–Crippen MR) is 123 cm³/mol. The maximum Gasteiger partial charge on any atom is 0.241 e. The molecule has 0 bridgehead atoms. The number of halogens is 1. The van der Waals surface area contributed by atoms with Gasteiger partial charge >= 0.3 is 0 Å². The first kappa shape index (κ1) is 21.4. The highest BCUT2D eigenvalue weighted by Crippen LogP contribution is 2.29. The summed E-state index contributed by atoms with van der Waals surface area (Å²) in [7, 11) is 0. The zero-order valence-electron chi connectivity index (χ0n) is 17.1. The number of anilines is 1. The molecule has 1 unspecified atom stereocenters. The number of aromatic amines is 1. The Morgan fingerprint density at radius 2 is 2.16 bits per heavy atom. The van der Waals surface area contributed by atoms with Crippen molar-refractivity contribution in [2.45, 2.75) is 17.4 Å². The van der Waals surface area contributed by atoms with E-state index >= 15 is 0 Å². The fourth-order valence-corrected chi connectivity index (χ4v) is 4.72. The second-order valence-corrected chi connectivity index (χ2v) is 8.65. The van der Waals surface area contributed by atoms with Gasteiger partial charge in [-0.25, -0.2) is 4.98 Å². The molecular weight excluding hydrogens is 430 g/mol. The van der Waals surface area contributed by atoms with Gasteiger partial charge in [0.05, 0.1) is 30.2 Å². The van der Waals surface area contributed by atoms with Gasteiger partial charge < -0.3 is 9.88 Å². The van der Waals surface area contributed by atoms with Gasteiger partial charge in [0.15, 0.2) is 0 Å². The van der Waals surface area contributed by atoms with E-state index in [2.05, 4.69) is 27.0 Å². The number of hydrogen-bond acceptors (Lipinski definition) is 5. The lowest BCUT2D eigenvalue weighted by atomic mass is 10.00. The summed E-state index contributed by atoms with van der Waals surface area (Å²) < 4.78 is 0. The number of hydrogen-bond donors (Lipinski definition) is 1. The number of amides is 1. The monoisotopic (exact) mass is 451 g/mol. The molecule has 0 spiro atoms. The van der Waals surface area contributed by atoms with E-state index in [0.29, 0.717) is 30.1 Å². The maximum absolute atomic E-state index is 13.0. The summed E-state index contributed by atoms with van der Waals surface area (Å²) in [6, 6.07) is 15.5. The van der Waals surface area contributed by atoms with E-state index in [9.17, 15) is 10.1 Å². The van der Waals surface area contributed by atoms with Crippen LogP contribution in [0.1, 0.15) is 22.9 Å². The van der Waals surface area contributed by atoms with Crippen LogP contribution in [0.4, 0.5) is 5.69 Å². The Bertz CT molecular complexity index is 1110. The first-order valence-corrected chi connectivity index (χ1v) is 11.5. The molecule has 158 valence electrons. The number of aromatic nitrogens is 2. The molecule has 1 amide bonds. The number of piperazine rings is 1. The number of nitriles is 1. The molecule has 1 atom stereocenters. The summed E-state index contributed by atoms with van der Waals surface area (Å²) in [4.78, 5) is 25.4. The minimum Gasteiger partial charge on any atom is -0.347 e. The lowest BCUT2D eigenvalue weighted by Crippen LogP contribution is -2.51. The van der Waals surface area contributed by atoms with Gasteiger partial charge in [-0.15, -0.1) is 11.8 Å². The molecular formula is C23H22ClN5OS. The van der Waals surface area contributed by atoms with Crippen molar-refractivity contribution in [1.82, 2.24) is 14.9 Å². The Balaban J connectivity index is 1.56. The Hall–Kier alpha value is -2.79. The first-order chi connectivity index (χ1) is 15.1. The van der Waals surface area contributed by atoms with Crippen LogP contribution in [0.5, 0.6) is 0 Å². The molecule has 1 fully saturated rings. The Kier molecular flexibility index (Phi) is 6.62. The van der Waals surface area contributed by atoms with Gasteiger partial charge in [-0.3, -0.25) is 9.69 Å². The summed E-state index contributed by atoms with van der Waals surface area (Å²) in [6.07, 6.45) is 6.17. The maximum atomic E-state index is 13.0. The predicted octanol–water partition coefficient (Wildman–Crippen LogP) is 4.29. The second kappa shape index (κ2) is 9.56. The molecule has 0 radical (unpaired) electrons. The summed E-state index contributed by atoms with van der Waals surface area (Å²) in [6.45, 7) is 1.63. The van der Waals surface area contributed by atoms with E-state index in [0.717, 1.165) is 28.4 Å². The smallest absolute Gasteiger partial charge is 0.241 e. The molecule has 8 heteroatoms. The van der Waals surface area contributed by atoms with Gasteiger partial charge in [-0.1, -0.05) is 23.7 Å². The quantitative estimate of drug-likeness (QED) is 0.566.